The Kier molecular flexibility index (Phi) is 6.19. The van der Waals surface area contributed by atoms with E-state index in [-0.39, 0.29) is 18.6 Å². The van der Waals surface area contributed by atoms with Gasteiger partial charge in [0.2, 0.25) is 0 Å². The number of amides is 1. The third kappa shape index (κ3) is 4.47. The normalized spacial score (nSPS) is 11.8. The summed E-state index contributed by atoms with van der Waals surface area (Å²) in [5, 5.41) is 0. The quantitative estimate of drug-likeness (QED) is 0.761. The molecule has 1 rings (SSSR count). The van der Waals surface area contributed by atoms with Crippen molar-refractivity contribution < 1.29 is 14.3 Å². The molecule has 0 aliphatic heterocycles. The molecule has 1 aromatic carbocycles. The van der Waals surface area contributed by atoms with Crippen LogP contribution in [0.15, 0.2) is 24.3 Å². The first kappa shape index (κ1) is 15.3. The second kappa shape index (κ2) is 7.67. The minimum absolute atomic E-state index is 0.0272. The Balaban J connectivity index is 2.59. The van der Waals surface area contributed by atoms with Crippen LogP contribution >= 0.6 is 0 Å². The molecule has 1 amide bonds. The molecule has 0 saturated heterocycles. The van der Waals surface area contributed by atoms with Crippen molar-refractivity contribution in [3.05, 3.63) is 24.3 Å². The highest BCUT2D eigenvalue weighted by Gasteiger charge is 2.15. The summed E-state index contributed by atoms with van der Waals surface area (Å²) in [6, 6.07) is 7.60. The molecular formula is C15H23NO3. The zero-order chi connectivity index (χ0) is 14.3. The van der Waals surface area contributed by atoms with E-state index in [1.54, 1.807) is 11.9 Å². The first-order valence-corrected chi connectivity index (χ1v) is 6.70. The summed E-state index contributed by atoms with van der Waals surface area (Å²) in [7, 11) is 1.80. The third-order valence-electron chi connectivity index (χ3n) is 3.15. The lowest BCUT2D eigenvalue weighted by Crippen LogP contribution is -2.37. The maximum Gasteiger partial charge on any atom is 0.260 e. The Bertz CT molecular complexity index is 406. The predicted molar refractivity (Wildman–Crippen MR) is 75.6 cm³/mol. The Morgan fingerprint density at radius 1 is 1.21 bits per heavy atom. The van der Waals surface area contributed by atoms with E-state index in [9.17, 15) is 4.79 Å². The number of ether oxygens (including phenoxy) is 2. The number of hydrogen-bond donors (Lipinski definition) is 0. The van der Waals surface area contributed by atoms with E-state index in [0.717, 1.165) is 6.42 Å². The van der Waals surface area contributed by atoms with Gasteiger partial charge in [-0.05, 0) is 32.4 Å². The van der Waals surface area contributed by atoms with Gasteiger partial charge < -0.3 is 14.4 Å². The Hall–Kier alpha value is -1.71. The van der Waals surface area contributed by atoms with Crippen LogP contribution in [0.1, 0.15) is 27.2 Å². The maximum absolute atomic E-state index is 11.9. The summed E-state index contributed by atoms with van der Waals surface area (Å²) in [6.45, 7) is 6.59. The van der Waals surface area contributed by atoms with Gasteiger partial charge in [0.05, 0.1) is 6.61 Å². The molecule has 0 spiro atoms. The summed E-state index contributed by atoms with van der Waals surface area (Å²) in [5.74, 6) is 1.25. The molecule has 0 fully saturated rings. The summed E-state index contributed by atoms with van der Waals surface area (Å²) >= 11 is 0. The zero-order valence-corrected chi connectivity index (χ0v) is 12.2. The van der Waals surface area contributed by atoms with Crippen LogP contribution < -0.4 is 9.47 Å². The van der Waals surface area contributed by atoms with Crippen molar-refractivity contribution in [2.75, 3.05) is 20.3 Å². The minimum atomic E-state index is -0.0272. The Labute approximate surface area is 115 Å². The Morgan fingerprint density at radius 2 is 1.79 bits per heavy atom. The molecule has 4 nitrogen and oxygen atoms in total. The van der Waals surface area contributed by atoms with E-state index in [1.165, 1.54) is 0 Å². The molecule has 1 unspecified atom stereocenters. The lowest BCUT2D eigenvalue weighted by atomic mass is 10.2. The number of benzene rings is 1. The first-order chi connectivity index (χ1) is 9.10. The number of carbonyl (C=O) groups excluding carboxylic acids is 1. The summed E-state index contributed by atoms with van der Waals surface area (Å²) in [5.41, 5.74) is 0. The number of nitrogens with zero attached hydrogens (tertiary/aromatic N) is 1. The fraction of sp³-hybridized carbons (Fsp3) is 0.533. The van der Waals surface area contributed by atoms with Gasteiger partial charge in [-0.25, -0.2) is 0 Å². The maximum atomic E-state index is 11.9. The molecule has 0 aliphatic rings. The molecule has 0 heterocycles. The number of carbonyl (C=O) groups is 1. The second-order valence-electron chi connectivity index (χ2n) is 4.43. The fourth-order valence-corrected chi connectivity index (χ4v) is 1.61. The molecule has 0 saturated carbocycles. The predicted octanol–water partition coefficient (Wildman–Crippen LogP) is 2.72. The summed E-state index contributed by atoms with van der Waals surface area (Å²) < 4.78 is 11.0. The number of rotatable bonds is 7. The average Bonchev–Trinajstić information content (AvgIpc) is 2.44. The average molecular weight is 265 g/mol. The van der Waals surface area contributed by atoms with Crippen LogP contribution in [-0.2, 0) is 4.79 Å². The van der Waals surface area contributed by atoms with Crippen molar-refractivity contribution in [3.8, 4) is 11.5 Å². The van der Waals surface area contributed by atoms with Gasteiger partial charge in [-0.15, -0.1) is 0 Å². The van der Waals surface area contributed by atoms with Crippen molar-refractivity contribution >= 4 is 5.91 Å². The van der Waals surface area contributed by atoms with Crippen LogP contribution in [0.2, 0.25) is 0 Å². The van der Waals surface area contributed by atoms with E-state index >= 15 is 0 Å². The van der Waals surface area contributed by atoms with Gasteiger partial charge in [0.15, 0.2) is 18.1 Å². The van der Waals surface area contributed by atoms with Gasteiger partial charge in [-0.2, -0.15) is 0 Å². The van der Waals surface area contributed by atoms with E-state index in [4.69, 9.17) is 9.47 Å². The third-order valence-corrected chi connectivity index (χ3v) is 3.15. The smallest absolute Gasteiger partial charge is 0.260 e. The zero-order valence-electron chi connectivity index (χ0n) is 12.2. The van der Waals surface area contributed by atoms with E-state index in [0.29, 0.717) is 18.1 Å². The largest absolute Gasteiger partial charge is 0.490 e. The molecule has 0 radical (unpaired) electrons. The molecule has 0 bridgehead atoms. The topological polar surface area (TPSA) is 38.8 Å². The summed E-state index contributed by atoms with van der Waals surface area (Å²) in [4.78, 5) is 13.7. The lowest BCUT2D eigenvalue weighted by Gasteiger charge is -2.24. The molecule has 0 aromatic heterocycles. The standard InChI is InChI=1S/C15H23NO3/c1-5-12(3)16(4)15(17)11-19-14-10-8-7-9-13(14)18-6-2/h7-10,12H,5-6,11H2,1-4H3. The number of likely N-dealkylation sites (N-methyl/N-ethyl adjacent to an activating group) is 1. The van der Waals surface area contributed by atoms with Crippen molar-refractivity contribution in [1.82, 2.24) is 4.90 Å². The van der Waals surface area contributed by atoms with Crippen LogP contribution in [0.3, 0.4) is 0 Å². The molecule has 19 heavy (non-hydrogen) atoms. The van der Waals surface area contributed by atoms with Gasteiger partial charge in [0, 0.05) is 13.1 Å². The molecule has 4 heteroatoms. The second-order valence-corrected chi connectivity index (χ2v) is 4.43. The molecule has 106 valence electrons. The van der Waals surface area contributed by atoms with Gasteiger partial charge in [-0.3, -0.25) is 4.79 Å². The highest BCUT2D eigenvalue weighted by atomic mass is 16.5. The van der Waals surface area contributed by atoms with Crippen LogP contribution in [0, 0.1) is 0 Å². The Morgan fingerprint density at radius 3 is 2.32 bits per heavy atom. The van der Waals surface area contributed by atoms with E-state index in [2.05, 4.69) is 6.92 Å². The van der Waals surface area contributed by atoms with Gasteiger partial charge in [0.25, 0.3) is 5.91 Å². The lowest BCUT2D eigenvalue weighted by molar-refractivity contribution is -0.133. The molecular weight excluding hydrogens is 242 g/mol. The number of para-hydroxylation sites is 2. The first-order valence-electron chi connectivity index (χ1n) is 6.70. The van der Waals surface area contributed by atoms with Crippen LogP contribution in [0.5, 0.6) is 11.5 Å². The van der Waals surface area contributed by atoms with Crippen molar-refractivity contribution in [1.29, 1.82) is 0 Å². The van der Waals surface area contributed by atoms with E-state index < -0.39 is 0 Å². The van der Waals surface area contributed by atoms with Gasteiger partial charge in [0.1, 0.15) is 0 Å². The molecule has 1 atom stereocenters. The number of hydrogen-bond acceptors (Lipinski definition) is 3. The highest BCUT2D eigenvalue weighted by Crippen LogP contribution is 2.26. The summed E-state index contributed by atoms with van der Waals surface area (Å²) in [6.07, 6.45) is 0.928. The minimum Gasteiger partial charge on any atom is -0.490 e. The fourth-order valence-electron chi connectivity index (χ4n) is 1.61. The molecule has 1 aromatic rings. The van der Waals surface area contributed by atoms with Crippen molar-refractivity contribution in [3.63, 3.8) is 0 Å². The van der Waals surface area contributed by atoms with Gasteiger partial charge in [-0.1, -0.05) is 19.1 Å². The van der Waals surface area contributed by atoms with Crippen LogP contribution in [0.25, 0.3) is 0 Å². The van der Waals surface area contributed by atoms with Crippen LogP contribution in [0.4, 0.5) is 0 Å². The van der Waals surface area contributed by atoms with E-state index in [1.807, 2.05) is 38.1 Å². The molecule has 0 N–H and O–H groups in total. The van der Waals surface area contributed by atoms with Crippen LogP contribution in [-0.4, -0.2) is 37.1 Å². The monoisotopic (exact) mass is 265 g/mol. The van der Waals surface area contributed by atoms with Crippen molar-refractivity contribution in [2.24, 2.45) is 0 Å². The highest BCUT2D eigenvalue weighted by molar-refractivity contribution is 5.77. The van der Waals surface area contributed by atoms with Crippen molar-refractivity contribution in [2.45, 2.75) is 33.2 Å². The molecule has 0 aliphatic carbocycles. The van der Waals surface area contributed by atoms with Gasteiger partial charge >= 0.3 is 0 Å². The SMILES string of the molecule is CCOc1ccccc1OCC(=O)N(C)C(C)CC.